The number of carbonyl (C=O) groups is 1. The third-order valence-electron chi connectivity index (χ3n) is 5.33. The van der Waals surface area contributed by atoms with Gasteiger partial charge in [-0.3, -0.25) is 10.0 Å². The van der Waals surface area contributed by atoms with Crippen molar-refractivity contribution in [1.29, 1.82) is 0 Å². The minimum atomic E-state index is -0.525. The van der Waals surface area contributed by atoms with Crippen LogP contribution in [0.5, 0.6) is 5.75 Å². The average molecular weight is 415 g/mol. The van der Waals surface area contributed by atoms with Crippen molar-refractivity contribution in [3.05, 3.63) is 101 Å². The molecule has 0 saturated heterocycles. The van der Waals surface area contributed by atoms with Crippen LogP contribution in [0.3, 0.4) is 0 Å². The second-order valence-corrected chi connectivity index (χ2v) is 7.39. The molecule has 0 spiro atoms. The smallest absolute Gasteiger partial charge is 0.274 e. The summed E-state index contributed by atoms with van der Waals surface area (Å²) in [6.07, 6.45) is 2.12. The molecule has 0 unspecified atom stereocenters. The Bertz CT molecular complexity index is 1170. The van der Waals surface area contributed by atoms with E-state index in [2.05, 4.69) is 28.2 Å². The molecule has 1 amide bonds. The summed E-state index contributed by atoms with van der Waals surface area (Å²) in [6.45, 7) is 2.13. The van der Waals surface area contributed by atoms with E-state index in [1.165, 1.54) is 5.56 Å². The number of hydroxylamine groups is 1. The average Bonchev–Trinajstić information content (AvgIpc) is 3.16. The van der Waals surface area contributed by atoms with Crippen LogP contribution in [0.4, 0.5) is 0 Å². The Kier molecular flexibility index (Phi) is 6.31. The van der Waals surface area contributed by atoms with E-state index in [0.29, 0.717) is 18.7 Å². The van der Waals surface area contributed by atoms with Gasteiger partial charge < -0.3 is 14.6 Å². The fraction of sp³-hybridized carbons (Fsp3) is 0.160. The van der Waals surface area contributed by atoms with Gasteiger partial charge in [0.25, 0.3) is 5.91 Å². The maximum Gasteiger partial charge on any atom is 0.274 e. The van der Waals surface area contributed by atoms with Gasteiger partial charge in [-0.05, 0) is 41.0 Å². The quantitative estimate of drug-likeness (QED) is 0.299. The maximum absolute atomic E-state index is 11.9. The van der Waals surface area contributed by atoms with Crippen LogP contribution in [0.25, 0.3) is 10.9 Å². The van der Waals surface area contributed by atoms with E-state index in [1.807, 2.05) is 54.6 Å². The molecule has 3 aromatic carbocycles. The van der Waals surface area contributed by atoms with Crippen LogP contribution in [0.1, 0.15) is 27.0 Å². The Labute approximate surface area is 181 Å². The van der Waals surface area contributed by atoms with Gasteiger partial charge in [-0.15, -0.1) is 0 Å². The van der Waals surface area contributed by atoms with Crippen molar-refractivity contribution >= 4 is 16.8 Å². The van der Waals surface area contributed by atoms with E-state index in [4.69, 9.17) is 9.94 Å². The van der Waals surface area contributed by atoms with Crippen LogP contribution < -0.4 is 15.5 Å². The van der Waals surface area contributed by atoms with Crippen molar-refractivity contribution in [2.24, 2.45) is 0 Å². The molecule has 6 heteroatoms. The highest BCUT2D eigenvalue weighted by Crippen LogP contribution is 2.25. The van der Waals surface area contributed by atoms with Gasteiger partial charge in [0, 0.05) is 42.3 Å². The van der Waals surface area contributed by atoms with Gasteiger partial charge in [-0.1, -0.05) is 48.5 Å². The molecule has 0 saturated carbocycles. The summed E-state index contributed by atoms with van der Waals surface area (Å²) < 4.78 is 7.38. The summed E-state index contributed by atoms with van der Waals surface area (Å²) >= 11 is 0. The van der Waals surface area contributed by atoms with Gasteiger partial charge in [-0.25, -0.2) is 5.48 Å². The third kappa shape index (κ3) is 4.77. The van der Waals surface area contributed by atoms with Gasteiger partial charge in [0.15, 0.2) is 0 Å². The summed E-state index contributed by atoms with van der Waals surface area (Å²) in [7, 11) is 1.65. The van der Waals surface area contributed by atoms with Crippen LogP contribution in [0.2, 0.25) is 0 Å². The molecule has 0 radical (unpaired) electrons. The number of amides is 1. The van der Waals surface area contributed by atoms with Gasteiger partial charge in [-0.2, -0.15) is 0 Å². The Balaban J connectivity index is 1.62. The van der Waals surface area contributed by atoms with Gasteiger partial charge in [0.05, 0.1) is 7.11 Å². The molecule has 3 N–H and O–H groups in total. The monoisotopic (exact) mass is 415 g/mol. The number of hydrogen-bond acceptors (Lipinski definition) is 4. The van der Waals surface area contributed by atoms with Crippen LogP contribution in [-0.4, -0.2) is 22.8 Å². The zero-order valence-corrected chi connectivity index (χ0v) is 17.3. The summed E-state index contributed by atoms with van der Waals surface area (Å²) in [5, 5.41) is 13.6. The number of nitrogens with one attached hydrogen (secondary N) is 2. The number of aromatic nitrogens is 1. The van der Waals surface area contributed by atoms with Crippen LogP contribution in [0.15, 0.2) is 79.0 Å². The molecular formula is C25H25N3O3. The summed E-state index contributed by atoms with van der Waals surface area (Å²) in [5.41, 5.74) is 6.56. The molecule has 1 aromatic heterocycles. The first-order valence-corrected chi connectivity index (χ1v) is 10.1. The van der Waals surface area contributed by atoms with E-state index in [9.17, 15) is 4.79 Å². The molecule has 31 heavy (non-hydrogen) atoms. The highest BCUT2D eigenvalue weighted by atomic mass is 16.5. The zero-order valence-electron chi connectivity index (χ0n) is 17.3. The number of hydrogen-bond donors (Lipinski definition) is 3. The largest absolute Gasteiger partial charge is 0.497 e. The number of methoxy groups -OCH3 is 1. The van der Waals surface area contributed by atoms with E-state index in [-0.39, 0.29) is 0 Å². The molecule has 0 aliphatic rings. The molecule has 158 valence electrons. The predicted octanol–water partition coefficient (Wildman–Crippen LogP) is 4.11. The lowest BCUT2D eigenvalue weighted by molar-refractivity contribution is 0.0706. The zero-order chi connectivity index (χ0) is 21.6. The van der Waals surface area contributed by atoms with Crippen LogP contribution >= 0.6 is 0 Å². The first kappa shape index (κ1) is 20.7. The SMILES string of the molecule is COc1ccc(Cn2cc(CNCc3ccccc3)c3ccc(C(=O)NO)cc32)cc1. The van der Waals surface area contributed by atoms with Gasteiger partial charge in [0.2, 0.25) is 0 Å². The first-order chi connectivity index (χ1) is 15.2. The Morgan fingerprint density at radius 2 is 1.74 bits per heavy atom. The second-order valence-electron chi connectivity index (χ2n) is 7.39. The third-order valence-corrected chi connectivity index (χ3v) is 5.33. The normalized spacial score (nSPS) is 10.9. The van der Waals surface area contributed by atoms with E-state index in [1.54, 1.807) is 18.7 Å². The van der Waals surface area contributed by atoms with E-state index < -0.39 is 5.91 Å². The van der Waals surface area contributed by atoms with E-state index in [0.717, 1.165) is 34.3 Å². The molecule has 0 aliphatic heterocycles. The Morgan fingerprint density at radius 3 is 2.45 bits per heavy atom. The highest BCUT2D eigenvalue weighted by molar-refractivity contribution is 5.98. The number of ether oxygens (including phenoxy) is 1. The molecule has 4 rings (SSSR count). The standard InChI is InChI=1S/C25H25N3O3/c1-31-22-10-7-19(8-11-22)16-28-17-21(15-26-14-18-5-3-2-4-6-18)23-12-9-20(13-24(23)28)25(29)27-30/h2-13,17,26,30H,14-16H2,1H3,(H,27,29). The fourth-order valence-electron chi connectivity index (χ4n) is 3.71. The summed E-state index contributed by atoms with van der Waals surface area (Å²) in [5.74, 6) is 0.289. The molecular weight excluding hydrogens is 390 g/mol. The van der Waals surface area contributed by atoms with Crippen molar-refractivity contribution in [2.75, 3.05) is 7.11 Å². The molecule has 4 aromatic rings. The Morgan fingerprint density at radius 1 is 0.968 bits per heavy atom. The summed E-state index contributed by atoms with van der Waals surface area (Å²) in [4.78, 5) is 11.9. The van der Waals surface area contributed by atoms with E-state index >= 15 is 0 Å². The summed E-state index contributed by atoms with van der Waals surface area (Å²) in [6, 6.07) is 23.7. The minimum Gasteiger partial charge on any atom is -0.497 e. The topological polar surface area (TPSA) is 75.5 Å². The predicted molar refractivity (Wildman–Crippen MR) is 120 cm³/mol. The number of carbonyl (C=O) groups excluding carboxylic acids is 1. The lowest BCUT2D eigenvalue weighted by Crippen LogP contribution is -2.18. The molecule has 1 heterocycles. The van der Waals surface area contributed by atoms with Gasteiger partial charge in [0.1, 0.15) is 5.75 Å². The molecule has 0 fully saturated rings. The second kappa shape index (κ2) is 9.47. The highest BCUT2D eigenvalue weighted by Gasteiger charge is 2.13. The maximum atomic E-state index is 11.9. The van der Waals surface area contributed by atoms with Crippen molar-refractivity contribution in [3.8, 4) is 5.75 Å². The fourth-order valence-corrected chi connectivity index (χ4v) is 3.71. The van der Waals surface area contributed by atoms with Gasteiger partial charge >= 0.3 is 0 Å². The van der Waals surface area contributed by atoms with Crippen LogP contribution in [-0.2, 0) is 19.6 Å². The van der Waals surface area contributed by atoms with Crippen molar-refractivity contribution in [1.82, 2.24) is 15.4 Å². The number of rotatable bonds is 8. The van der Waals surface area contributed by atoms with Crippen molar-refractivity contribution in [3.63, 3.8) is 0 Å². The molecule has 0 aliphatic carbocycles. The van der Waals surface area contributed by atoms with Crippen molar-refractivity contribution < 1.29 is 14.7 Å². The Hall–Kier alpha value is -3.61. The lowest BCUT2D eigenvalue weighted by atomic mass is 10.1. The minimum absolute atomic E-state index is 0.410. The number of benzene rings is 3. The lowest BCUT2D eigenvalue weighted by Gasteiger charge is -2.08. The first-order valence-electron chi connectivity index (χ1n) is 10.1. The number of nitrogens with zero attached hydrogens (tertiary/aromatic N) is 1. The molecule has 0 atom stereocenters. The molecule has 6 nitrogen and oxygen atoms in total. The number of fused-ring (bicyclic) bond motifs is 1. The van der Waals surface area contributed by atoms with Crippen molar-refractivity contribution in [2.45, 2.75) is 19.6 Å². The van der Waals surface area contributed by atoms with Crippen LogP contribution in [0, 0.1) is 0 Å². The molecule has 0 bridgehead atoms.